The number of amides is 1. The van der Waals surface area contributed by atoms with Gasteiger partial charge in [-0.2, -0.15) is 0 Å². The molecule has 4 rings (SSSR count). The van der Waals surface area contributed by atoms with E-state index in [9.17, 15) is 14.4 Å². The van der Waals surface area contributed by atoms with Crippen molar-refractivity contribution in [2.24, 2.45) is 11.8 Å². The summed E-state index contributed by atoms with van der Waals surface area (Å²) in [4.78, 5) is 38.4. The largest absolute Gasteiger partial charge is 0.444 e. The Labute approximate surface area is 133 Å². The maximum Gasteiger partial charge on any atom is 0.411 e. The molecule has 120 valence electrons. The van der Waals surface area contributed by atoms with Crippen LogP contribution in [0.4, 0.5) is 4.79 Å². The lowest BCUT2D eigenvalue weighted by Gasteiger charge is -2.28. The Morgan fingerprint density at radius 2 is 1.52 bits per heavy atom. The minimum atomic E-state index is -0.648. The van der Waals surface area contributed by atoms with E-state index in [1.807, 2.05) is 24.3 Å². The lowest BCUT2D eigenvalue weighted by Crippen LogP contribution is -2.36. The SMILES string of the molecule is CC(C)(C)OC(=O)N1[C@@H]2c3ccccc3[C@H]1C1C(=O)OC(=O)C12. The van der Waals surface area contributed by atoms with Crippen LogP contribution in [0.25, 0.3) is 0 Å². The predicted molar refractivity (Wildman–Crippen MR) is 78.1 cm³/mol. The summed E-state index contributed by atoms with van der Waals surface area (Å²) in [6.45, 7) is 5.36. The van der Waals surface area contributed by atoms with E-state index in [1.54, 1.807) is 25.7 Å². The number of benzene rings is 1. The molecule has 0 aliphatic carbocycles. The molecule has 2 unspecified atom stereocenters. The van der Waals surface area contributed by atoms with Crippen LogP contribution >= 0.6 is 0 Å². The first-order valence-corrected chi connectivity index (χ1v) is 7.65. The zero-order chi connectivity index (χ0) is 16.5. The molecule has 0 spiro atoms. The molecule has 2 bridgehead atoms. The van der Waals surface area contributed by atoms with Crippen molar-refractivity contribution in [1.29, 1.82) is 0 Å². The molecule has 3 heterocycles. The summed E-state index contributed by atoms with van der Waals surface area (Å²) in [5.74, 6) is -2.35. The van der Waals surface area contributed by atoms with Crippen LogP contribution in [0.5, 0.6) is 0 Å². The number of carbonyl (C=O) groups excluding carboxylic acids is 3. The zero-order valence-electron chi connectivity index (χ0n) is 13.1. The average molecular weight is 315 g/mol. The van der Waals surface area contributed by atoms with Crippen molar-refractivity contribution < 1.29 is 23.9 Å². The number of cyclic esters (lactones) is 2. The lowest BCUT2D eigenvalue weighted by atomic mass is 9.77. The van der Waals surface area contributed by atoms with Gasteiger partial charge in [0.05, 0.1) is 23.9 Å². The van der Waals surface area contributed by atoms with E-state index in [1.165, 1.54) is 0 Å². The average Bonchev–Trinajstić information content (AvgIpc) is 3.05. The fourth-order valence-electron chi connectivity index (χ4n) is 3.98. The van der Waals surface area contributed by atoms with Gasteiger partial charge < -0.3 is 9.47 Å². The summed E-state index contributed by atoms with van der Waals surface area (Å²) in [6, 6.07) is 6.53. The van der Waals surface area contributed by atoms with Gasteiger partial charge in [0.25, 0.3) is 0 Å². The van der Waals surface area contributed by atoms with Gasteiger partial charge >= 0.3 is 18.0 Å². The van der Waals surface area contributed by atoms with Gasteiger partial charge in [-0.05, 0) is 31.9 Å². The predicted octanol–water partition coefficient (Wildman–Crippen LogP) is 2.35. The molecular formula is C17H17NO5. The number of esters is 2. The second-order valence-corrected chi connectivity index (χ2v) is 7.20. The van der Waals surface area contributed by atoms with E-state index in [2.05, 4.69) is 0 Å². The summed E-state index contributed by atoms with van der Waals surface area (Å²) in [6.07, 6.45) is -0.501. The molecule has 3 aliphatic heterocycles. The summed E-state index contributed by atoms with van der Waals surface area (Å²) < 4.78 is 10.3. The number of fused-ring (bicyclic) bond motifs is 8. The van der Waals surface area contributed by atoms with Crippen molar-refractivity contribution in [3.8, 4) is 0 Å². The number of hydrogen-bond acceptors (Lipinski definition) is 5. The molecule has 6 nitrogen and oxygen atoms in total. The zero-order valence-corrected chi connectivity index (χ0v) is 13.1. The van der Waals surface area contributed by atoms with Gasteiger partial charge in [-0.15, -0.1) is 0 Å². The summed E-state index contributed by atoms with van der Waals surface area (Å²) in [5.41, 5.74) is 1.15. The number of ether oxygens (including phenoxy) is 2. The Bertz CT molecular complexity index is 688. The summed E-state index contributed by atoms with van der Waals surface area (Å²) in [5, 5.41) is 0. The second kappa shape index (κ2) is 4.34. The van der Waals surface area contributed by atoms with Gasteiger partial charge in [-0.3, -0.25) is 14.5 Å². The van der Waals surface area contributed by atoms with Crippen LogP contribution in [0.3, 0.4) is 0 Å². The standard InChI is InChI=1S/C17H17NO5/c1-17(2,3)23-16(21)18-12-8-6-4-5-7-9(8)13(18)11-10(12)14(19)22-15(11)20/h4-7,10-13H,1-3H3/t10?,11?,12-,13+. The molecule has 0 saturated carbocycles. The Hall–Kier alpha value is -2.37. The summed E-state index contributed by atoms with van der Waals surface area (Å²) >= 11 is 0. The first kappa shape index (κ1) is 14.2. The Morgan fingerprint density at radius 3 is 1.96 bits per heavy atom. The van der Waals surface area contributed by atoms with Crippen molar-refractivity contribution in [2.75, 3.05) is 0 Å². The van der Waals surface area contributed by atoms with E-state index in [4.69, 9.17) is 9.47 Å². The number of rotatable bonds is 0. The van der Waals surface area contributed by atoms with Crippen molar-refractivity contribution in [1.82, 2.24) is 4.90 Å². The van der Waals surface area contributed by atoms with Crippen LogP contribution in [0.1, 0.15) is 44.0 Å². The van der Waals surface area contributed by atoms with Gasteiger partial charge in [0, 0.05) is 0 Å². The molecule has 6 heteroatoms. The molecular weight excluding hydrogens is 298 g/mol. The maximum atomic E-state index is 12.7. The van der Waals surface area contributed by atoms with Crippen LogP contribution in [-0.2, 0) is 19.1 Å². The highest BCUT2D eigenvalue weighted by molar-refractivity contribution is 6.00. The van der Waals surface area contributed by atoms with E-state index in [0.717, 1.165) is 11.1 Å². The van der Waals surface area contributed by atoms with Crippen molar-refractivity contribution in [2.45, 2.75) is 38.5 Å². The van der Waals surface area contributed by atoms with Gasteiger partial charge in [-0.25, -0.2) is 4.79 Å². The number of hydrogen-bond donors (Lipinski definition) is 0. The fourth-order valence-corrected chi connectivity index (χ4v) is 3.98. The molecule has 1 aromatic carbocycles. The third kappa shape index (κ3) is 1.84. The maximum absolute atomic E-state index is 12.7. The highest BCUT2D eigenvalue weighted by Gasteiger charge is 2.67. The minimum Gasteiger partial charge on any atom is -0.444 e. The van der Waals surface area contributed by atoms with Crippen molar-refractivity contribution in [3.05, 3.63) is 35.4 Å². The second-order valence-electron chi connectivity index (χ2n) is 7.20. The fraction of sp³-hybridized carbons (Fsp3) is 0.471. The van der Waals surface area contributed by atoms with Gasteiger partial charge in [0.2, 0.25) is 0 Å². The van der Waals surface area contributed by atoms with Crippen LogP contribution in [0.2, 0.25) is 0 Å². The highest BCUT2D eigenvalue weighted by atomic mass is 16.6. The topological polar surface area (TPSA) is 72.9 Å². The van der Waals surface area contributed by atoms with E-state index < -0.39 is 47.6 Å². The normalized spacial score (nSPS) is 31.0. The Balaban J connectivity index is 1.80. The van der Waals surface area contributed by atoms with Gasteiger partial charge in [0.15, 0.2) is 0 Å². The first-order chi connectivity index (χ1) is 10.8. The Kier molecular flexibility index (Phi) is 2.69. The molecule has 0 radical (unpaired) electrons. The third-order valence-electron chi connectivity index (χ3n) is 4.65. The molecule has 23 heavy (non-hydrogen) atoms. The van der Waals surface area contributed by atoms with Crippen LogP contribution < -0.4 is 0 Å². The minimum absolute atomic E-state index is 0.491. The molecule has 0 N–H and O–H groups in total. The molecule has 0 aromatic heterocycles. The van der Waals surface area contributed by atoms with Gasteiger partial charge in [0.1, 0.15) is 5.60 Å². The molecule has 2 fully saturated rings. The highest BCUT2D eigenvalue weighted by Crippen LogP contribution is 2.61. The third-order valence-corrected chi connectivity index (χ3v) is 4.65. The van der Waals surface area contributed by atoms with Crippen molar-refractivity contribution >= 4 is 18.0 Å². The molecule has 4 atom stereocenters. The van der Waals surface area contributed by atoms with E-state index >= 15 is 0 Å². The summed E-state index contributed by atoms with van der Waals surface area (Å²) in [7, 11) is 0. The smallest absolute Gasteiger partial charge is 0.411 e. The molecule has 1 amide bonds. The molecule has 2 saturated heterocycles. The Morgan fingerprint density at radius 1 is 1.04 bits per heavy atom. The lowest BCUT2D eigenvalue weighted by molar-refractivity contribution is -0.155. The van der Waals surface area contributed by atoms with Gasteiger partial charge in [-0.1, -0.05) is 24.3 Å². The van der Waals surface area contributed by atoms with Crippen LogP contribution in [0.15, 0.2) is 24.3 Å². The van der Waals surface area contributed by atoms with Crippen LogP contribution in [0, 0.1) is 11.8 Å². The molecule has 1 aromatic rings. The van der Waals surface area contributed by atoms with Crippen molar-refractivity contribution in [3.63, 3.8) is 0 Å². The quantitative estimate of drug-likeness (QED) is 0.543. The monoisotopic (exact) mass is 315 g/mol. The number of carbonyl (C=O) groups is 3. The number of nitrogens with zero attached hydrogens (tertiary/aromatic N) is 1. The first-order valence-electron chi connectivity index (χ1n) is 7.65. The molecule has 3 aliphatic rings. The van der Waals surface area contributed by atoms with E-state index in [0.29, 0.717) is 0 Å². The van der Waals surface area contributed by atoms with E-state index in [-0.39, 0.29) is 0 Å². The van der Waals surface area contributed by atoms with Crippen LogP contribution in [-0.4, -0.2) is 28.5 Å².